The van der Waals surface area contributed by atoms with E-state index in [9.17, 15) is 14.7 Å². The zero-order chi connectivity index (χ0) is 22.1. The number of Topliss-reactive ketones (excluding diaryl/α,β-unsaturated/α-hetero) is 1. The van der Waals surface area contributed by atoms with Crippen molar-refractivity contribution < 1.29 is 19.4 Å². The second-order valence-corrected chi connectivity index (χ2v) is 8.86. The Labute approximate surface area is 186 Å². The van der Waals surface area contributed by atoms with Crippen molar-refractivity contribution in [3.63, 3.8) is 0 Å². The number of hydrogen-bond acceptors (Lipinski definition) is 6. The van der Waals surface area contributed by atoms with E-state index in [0.29, 0.717) is 25.3 Å². The largest absolute Gasteiger partial charge is 0.507 e. The van der Waals surface area contributed by atoms with Crippen molar-refractivity contribution in [1.29, 1.82) is 0 Å². The number of carbonyl (C=O) groups is 2. The molecule has 2 aromatic rings. The molecule has 7 heteroatoms. The van der Waals surface area contributed by atoms with E-state index in [1.54, 1.807) is 11.0 Å². The van der Waals surface area contributed by atoms with Gasteiger partial charge in [0, 0.05) is 30.0 Å². The van der Waals surface area contributed by atoms with Gasteiger partial charge in [-0.25, -0.2) is 0 Å². The number of amides is 1. The first kappa shape index (κ1) is 21.6. The van der Waals surface area contributed by atoms with Gasteiger partial charge in [0.2, 0.25) is 0 Å². The van der Waals surface area contributed by atoms with Crippen LogP contribution in [-0.4, -0.2) is 59.4 Å². The summed E-state index contributed by atoms with van der Waals surface area (Å²) in [6.45, 7) is 9.61. The minimum absolute atomic E-state index is 0.115. The van der Waals surface area contributed by atoms with Crippen molar-refractivity contribution >= 4 is 28.8 Å². The standard InChI is InChI=1S/C24H28N2O4S/c1-4-25(5-2)10-11-26-20(23-15(3)9-13-31-23)19(22(28)24(26)29)21(27)17-6-7-18-16(14-17)8-12-30-18/h6-7,9,13-14,20,27H,4-5,8,10-12H2,1-3H3/b21-19-. The number of thiophene rings is 1. The van der Waals surface area contributed by atoms with Crippen molar-refractivity contribution in [2.45, 2.75) is 33.2 Å². The second kappa shape index (κ2) is 8.85. The highest BCUT2D eigenvalue weighted by molar-refractivity contribution is 7.10. The first-order chi connectivity index (χ1) is 15.0. The summed E-state index contributed by atoms with van der Waals surface area (Å²) in [5.74, 6) is -0.472. The van der Waals surface area contributed by atoms with Crippen LogP contribution >= 0.6 is 11.3 Å². The normalized spacial score (nSPS) is 19.9. The first-order valence-corrected chi connectivity index (χ1v) is 11.6. The first-order valence-electron chi connectivity index (χ1n) is 10.8. The lowest BCUT2D eigenvalue weighted by Gasteiger charge is -2.27. The van der Waals surface area contributed by atoms with Gasteiger partial charge in [0.05, 0.1) is 18.2 Å². The van der Waals surface area contributed by atoms with Gasteiger partial charge in [-0.2, -0.15) is 0 Å². The van der Waals surface area contributed by atoms with Crippen LogP contribution in [0.15, 0.2) is 35.2 Å². The van der Waals surface area contributed by atoms with E-state index in [1.807, 2.05) is 30.5 Å². The molecule has 1 unspecified atom stereocenters. The number of benzene rings is 1. The lowest BCUT2D eigenvalue weighted by atomic mass is 9.97. The fourth-order valence-corrected chi connectivity index (χ4v) is 5.37. The molecule has 4 rings (SSSR count). The monoisotopic (exact) mass is 440 g/mol. The van der Waals surface area contributed by atoms with E-state index < -0.39 is 17.7 Å². The maximum Gasteiger partial charge on any atom is 0.295 e. The van der Waals surface area contributed by atoms with Gasteiger partial charge in [-0.05, 0) is 60.8 Å². The van der Waals surface area contributed by atoms with Gasteiger partial charge < -0.3 is 19.6 Å². The molecule has 1 fully saturated rings. The van der Waals surface area contributed by atoms with Gasteiger partial charge in [-0.15, -0.1) is 11.3 Å². The molecule has 2 aliphatic heterocycles. The molecule has 0 aliphatic carbocycles. The topological polar surface area (TPSA) is 70.1 Å². The number of hydrogen-bond donors (Lipinski definition) is 1. The van der Waals surface area contributed by atoms with E-state index in [1.165, 1.54) is 11.3 Å². The van der Waals surface area contributed by atoms with Crippen LogP contribution in [0.3, 0.4) is 0 Å². The highest BCUT2D eigenvalue weighted by Gasteiger charge is 2.47. The summed E-state index contributed by atoms with van der Waals surface area (Å²) in [6, 6.07) is 6.84. The number of nitrogens with zero attached hydrogens (tertiary/aromatic N) is 2. The molecule has 1 N–H and O–H groups in total. The summed E-state index contributed by atoms with van der Waals surface area (Å²) in [4.78, 5) is 30.9. The molecule has 1 saturated heterocycles. The number of aryl methyl sites for hydroxylation is 1. The van der Waals surface area contributed by atoms with Crippen LogP contribution in [0.5, 0.6) is 5.75 Å². The molecular weight excluding hydrogens is 412 g/mol. The van der Waals surface area contributed by atoms with Gasteiger partial charge in [-0.3, -0.25) is 9.59 Å². The quantitative estimate of drug-likeness (QED) is 0.403. The SMILES string of the molecule is CCN(CC)CCN1C(=O)C(=O)/C(=C(\O)c2ccc3c(c2)CCO3)C1c1sccc1C. The molecule has 1 amide bonds. The van der Waals surface area contributed by atoms with Crippen molar-refractivity contribution in [1.82, 2.24) is 9.80 Å². The van der Waals surface area contributed by atoms with E-state index in [0.717, 1.165) is 41.3 Å². The van der Waals surface area contributed by atoms with Crippen LogP contribution in [0.2, 0.25) is 0 Å². The molecule has 3 heterocycles. The molecule has 1 aromatic heterocycles. The van der Waals surface area contributed by atoms with Gasteiger partial charge in [0.1, 0.15) is 11.5 Å². The minimum atomic E-state index is -0.619. The molecule has 0 spiro atoms. The smallest absolute Gasteiger partial charge is 0.295 e. The van der Waals surface area contributed by atoms with E-state index in [4.69, 9.17) is 4.74 Å². The van der Waals surface area contributed by atoms with Crippen molar-refractivity contribution in [3.05, 3.63) is 56.8 Å². The average Bonchev–Trinajstić information content (AvgIpc) is 3.47. The lowest BCUT2D eigenvalue weighted by Crippen LogP contribution is -2.37. The number of aliphatic hydroxyl groups excluding tert-OH is 1. The number of ketones is 1. The van der Waals surface area contributed by atoms with E-state index in [2.05, 4.69) is 18.7 Å². The third-order valence-electron chi connectivity index (χ3n) is 6.20. The van der Waals surface area contributed by atoms with Crippen LogP contribution in [-0.2, 0) is 16.0 Å². The molecule has 1 atom stereocenters. The molecule has 0 bridgehead atoms. The summed E-state index contributed by atoms with van der Waals surface area (Å²) in [5, 5.41) is 13.2. The summed E-state index contributed by atoms with van der Waals surface area (Å²) in [6.07, 6.45) is 0.766. The van der Waals surface area contributed by atoms with Gasteiger partial charge in [0.25, 0.3) is 11.7 Å². The van der Waals surface area contributed by atoms with Crippen LogP contribution in [0.4, 0.5) is 0 Å². The highest BCUT2D eigenvalue weighted by Crippen LogP contribution is 2.43. The zero-order valence-electron chi connectivity index (χ0n) is 18.2. The summed E-state index contributed by atoms with van der Waals surface area (Å²) in [7, 11) is 0. The Kier molecular flexibility index (Phi) is 6.16. The fraction of sp³-hybridized carbons (Fsp3) is 0.417. The Morgan fingerprint density at radius 2 is 2.03 bits per heavy atom. The van der Waals surface area contributed by atoms with E-state index >= 15 is 0 Å². The van der Waals surface area contributed by atoms with Crippen LogP contribution in [0.25, 0.3) is 5.76 Å². The van der Waals surface area contributed by atoms with Gasteiger partial charge in [-0.1, -0.05) is 13.8 Å². The Balaban J connectivity index is 1.78. The third-order valence-corrected chi connectivity index (χ3v) is 7.28. The van der Waals surface area contributed by atoms with Crippen molar-refractivity contribution in [2.75, 3.05) is 32.8 Å². The average molecular weight is 441 g/mol. The Bertz CT molecular complexity index is 1040. The number of likely N-dealkylation sites (N-methyl/N-ethyl adjacent to an activating group) is 1. The van der Waals surface area contributed by atoms with Gasteiger partial charge in [0.15, 0.2) is 0 Å². The zero-order valence-corrected chi connectivity index (χ0v) is 19.0. The van der Waals surface area contributed by atoms with Gasteiger partial charge >= 0.3 is 0 Å². The third kappa shape index (κ3) is 3.88. The fourth-order valence-electron chi connectivity index (χ4n) is 4.33. The summed E-state index contributed by atoms with van der Waals surface area (Å²) in [5.41, 5.74) is 2.74. The maximum atomic E-state index is 13.1. The molecule has 2 aliphatic rings. The van der Waals surface area contributed by atoms with Crippen molar-refractivity contribution in [2.24, 2.45) is 0 Å². The number of likely N-dealkylation sites (tertiary alicyclic amines) is 1. The number of rotatable bonds is 7. The Morgan fingerprint density at radius 1 is 1.26 bits per heavy atom. The number of aliphatic hydroxyl groups is 1. The highest BCUT2D eigenvalue weighted by atomic mass is 32.1. The summed E-state index contributed by atoms with van der Waals surface area (Å²) < 4.78 is 5.56. The number of ether oxygens (including phenoxy) is 1. The molecular formula is C24H28N2O4S. The number of carbonyl (C=O) groups excluding carboxylic acids is 2. The molecule has 0 saturated carbocycles. The molecule has 0 radical (unpaired) electrons. The predicted octanol–water partition coefficient (Wildman–Crippen LogP) is 3.75. The Morgan fingerprint density at radius 3 is 2.71 bits per heavy atom. The molecule has 6 nitrogen and oxygen atoms in total. The summed E-state index contributed by atoms with van der Waals surface area (Å²) >= 11 is 1.51. The maximum absolute atomic E-state index is 13.1. The lowest BCUT2D eigenvalue weighted by molar-refractivity contribution is -0.140. The van der Waals surface area contributed by atoms with E-state index in [-0.39, 0.29) is 11.3 Å². The molecule has 164 valence electrons. The second-order valence-electron chi connectivity index (χ2n) is 7.91. The van der Waals surface area contributed by atoms with Crippen LogP contribution in [0, 0.1) is 6.92 Å². The number of fused-ring (bicyclic) bond motifs is 1. The van der Waals surface area contributed by atoms with Crippen molar-refractivity contribution in [3.8, 4) is 5.75 Å². The molecule has 31 heavy (non-hydrogen) atoms. The van der Waals surface area contributed by atoms with Crippen LogP contribution < -0.4 is 4.74 Å². The minimum Gasteiger partial charge on any atom is -0.507 e. The molecule has 1 aromatic carbocycles. The van der Waals surface area contributed by atoms with Crippen LogP contribution in [0.1, 0.15) is 41.5 Å². The Hall–Kier alpha value is -2.64. The predicted molar refractivity (Wildman–Crippen MR) is 121 cm³/mol.